The van der Waals surface area contributed by atoms with E-state index in [1.807, 2.05) is 25.8 Å². The summed E-state index contributed by atoms with van der Waals surface area (Å²) in [5.74, 6) is 5.59. The van der Waals surface area contributed by atoms with Gasteiger partial charge in [0.15, 0.2) is 0 Å². The normalized spacial score (nSPS) is 13.4. The molecule has 0 saturated heterocycles. The number of nitrogens with two attached hydrogens (primary N) is 1. The predicted molar refractivity (Wildman–Crippen MR) is 73.7 cm³/mol. The molecule has 1 aromatic rings. The highest BCUT2D eigenvalue weighted by Crippen LogP contribution is 2.22. The van der Waals surface area contributed by atoms with E-state index in [4.69, 9.17) is 5.84 Å². The van der Waals surface area contributed by atoms with Gasteiger partial charge in [0.05, 0.1) is 15.9 Å². The molecule has 0 aromatic carbocycles. The number of hydrogen-bond acceptors (Lipinski definition) is 4. The van der Waals surface area contributed by atoms with Crippen LogP contribution in [-0.4, -0.2) is 41.4 Å². The van der Waals surface area contributed by atoms with Gasteiger partial charge in [0.1, 0.15) is 0 Å². The van der Waals surface area contributed by atoms with Crippen LogP contribution in [0.1, 0.15) is 18.3 Å². The number of rotatable bonds is 6. The fraction of sp³-hybridized carbons (Fsp3) is 0.727. The Hall–Kier alpha value is -0.430. The lowest BCUT2D eigenvalue weighted by Crippen LogP contribution is -2.44. The quantitative estimate of drug-likeness (QED) is 0.599. The average molecular weight is 304 g/mol. The van der Waals surface area contributed by atoms with Gasteiger partial charge in [-0.3, -0.25) is 16.0 Å². The molecule has 0 aliphatic carbocycles. The summed E-state index contributed by atoms with van der Waals surface area (Å²) >= 11 is 3.62. The van der Waals surface area contributed by atoms with Gasteiger partial charge in [-0.25, -0.2) is 0 Å². The molecule has 98 valence electrons. The number of halogens is 1. The second-order valence-corrected chi connectivity index (χ2v) is 5.31. The van der Waals surface area contributed by atoms with E-state index in [0.29, 0.717) is 0 Å². The molecule has 1 aromatic heterocycles. The van der Waals surface area contributed by atoms with Crippen LogP contribution in [0.15, 0.2) is 4.47 Å². The van der Waals surface area contributed by atoms with Crippen LogP contribution in [0.2, 0.25) is 0 Å². The number of hydrazine groups is 1. The number of likely N-dealkylation sites (N-methyl/N-ethyl adjacent to an activating group) is 1. The molecule has 0 saturated carbocycles. The van der Waals surface area contributed by atoms with Gasteiger partial charge < -0.3 is 4.90 Å². The van der Waals surface area contributed by atoms with Crippen molar-refractivity contribution >= 4 is 15.9 Å². The Morgan fingerprint density at radius 1 is 1.53 bits per heavy atom. The Labute approximate surface area is 111 Å². The van der Waals surface area contributed by atoms with Crippen molar-refractivity contribution in [3.63, 3.8) is 0 Å². The highest BCUT2D eigenvalue weighted by atomic mass is 79.9. The Morgan fingerprint density at radius 2 is 2.18 bits per heavy atom. The zero-order valence-corrected chi connectivity index (χ0v) is 12.6. The zero-order chi connectivity index (χ0) is 13.0. The first-order valence-electron chi connectivity index (χ1n) is 5.80. The average Bonchev–Trinajstić information content (AvgIpc) is 2.54. The maximum absolute atomic E-state index is 5.59. The summed E-state index contributed by atoms with van der Waals surface area (Å²) in [6.07, 6.45) is 1.79. The third-order valence-corrected chi connectivity index (χ3v) is 3.68. The van der Waals surface area contributed by atoms with Crippen molar-refractivity contribution in [2.45, 2.75) is 25.8 Å². The Balaban J connectivity index is 2.82. The van der Waals surface area contributed by atoms with Gasteiger partial charge in [-0.2, -0.15) is 5.10 Å². The molecule has 0 amide bonds. The van der Waals surface area contributed by atoms with Crippen molar-refractivity contribution in [2.24, 2.45) is 12.9 Å². The first-order valence-corrected chi connectivity index (χ1v) is 6.60. The van der Waals surface area contributed by atoms with Crippen LogP contribution < -0.4 is 11.3 Å². The SMILES string of the molecule is CCc1nn(C)c(CC(CN(C)C)NN)c1Br. The van der Waals surface area contributed by atoms with E-state index < -0.39 is 0 Å². The number of hydrogen-bond donors (Lipinski definition) is 2. The second-order valence-electron chi connectivity index (χ2n) is 4.51. The van der Waals surface area contributed by atoms with E-state index in [2.05, 4.69) is 38.3 Å². The van der Waals surface area contributed by atoms with Gasteiger partial charge in [0, 0.05) is 26.1 Å². The summed E-state index contributed by atoms with van der Waals surface area (Å²) in [5, 5.41) is 4.48. The summed E-state index contributed by atoms with van der Waals surface area (Å²) in [6, 6.07) is 0.224. The highest BCUT2D eigenvalue weighted by Gasteiger charge is 2.17. The zero-order valence-electron chi connectivity index (χ0n) is 11.0. The van der Waals surface area contributed by atoms with Gasteiger partial charge in [-0.15, -0.1) is 0 Å². The van der Waals surface area contributed by atoms with Crippen LogP contribution in [0.5, 0.6) is 0 Å². The third-order valence-electron chi connectivity index (χ3n) is 2.76. The maximum Gasteiger partial charge on any atom is 0.0766 e. The van der Waals surface area contributed by atoms with E-state index in [-0.39, 0.29) is 6.04 Å². The van der Waals surface area contributed by atoms with Crippen molar-refractivity contribution < 1.29 is 0 Å². The molecule has 0 fully saturated rings. The molecule has 0 aliphatic rings. The molecule has 0 aliphatic heterocycles. The molecule has 17 heavy (non-hydrogen) atoms. The fourth-order valence-electron chi connectivity index (χ4n) is 1.89. The monoisotopic (exact) mass is 303 g/mol. The second kappa shape index (κ2) is 6.49. The molecule has 1 atom stereocenters. The first kappa shape index (κ1) is 14.6. The Kier molecular flexibility index (Phi) is 5.58. The molecule has 5 nitrogen and oxygen atoms in total. The summed E-state index contributed by atoms with van der Waals surface area (Å²) < 4.78 is 3.05. The molecule has 6 heteroatoms. The van der Waals surface area contributed by atoms with Gasteiger partial charge in [0.2, 0.25) is 0 Å². The van der Waals surface area contributed by atoms with Gasteiger partial charge >= 0.3 is 0 Å². The lowest BCUT2D eigenvalue weighted by Gasteiger charge is -2.20. The van der Waals surface area contributed by atoms with Gasteiger partial charge in [0.25, 0.3) is 0 Å². The van der Waals surface area contributed by atoms with E-state index in [0.717, 1.165) is 29.6 Å². The molecule has 0 spiro atoms. The summed E-state index contributed by atoms with van der Waals surface area (Å²) in [6.45, 7) is 3.00. The summed E-state index contributed by atoms with van der Waals surface area (Å²) in [5.41, 5.74) is 5.15. The molecule has 3 N–H and O–H groups in total. The van der Waals surface area contributed by atoms with E-state index in [1.165, 1.54) is 5.69 Å². The molecule has 1 rings (SSSR count). The Bertz CT molecular complexity index is 361. The molecular weight excluding hydrogens is 282 g/mol. The first-order chi connectivity index (χ1) is 7.99. The van der Waals surface area contributed by atoms with Crippen LogP contribution >= 0.6 is 15.9 Å². The molecule has 0 bridgehead atoms. The minimum Gasteiger partial charge on any atom is -0.308 e. The van der Waals surface area contributed by atoms with Crippen molar-refractivity contribution in [1.82, 2.24) is 20.1 Å². The lowest BCUT2D eigenvalue weighted by atomic mass is 10.1. The van der Waals surface area contributed by atoms with Crippen LogP contribution in [0.3, 0.4) is 0 Å². The largest absolute Gasteiger partial charge is 0.308 e. The summed E-state index contributed by atoms with van der Waals surface area (Å²) in [7, 11) is 6.06. The molecule has 1 unspecified atom stereocenters. The standard InChI is InChI=1S/C11H22BrN5/c1-5-9-11(12)10(17(4)15-9)6-8(14-13)7-16(2)3/h8,14H,5-7,13H2,1-4H3. The topological polar surface area (TPSA) is 59.1 Å². The van der Waals surface area contributed by atoms with Crippen LogP contribution in [0.4, 0.5) is 0 Å². The molecular formula is C11H22BrN5. The van der Waals surface area contributed by atoms with Crippen molar-refractivity contribution in [3.05, 3.63) is 15.9 Å². The third kappa shape index (κ3) is 3.77. The fourth-order valence-corrected chi connectivity index (χ4v) is 2.67. The van der Waals surface area contributed by atoms with Crippen molar-refractivity contribution in [1.29, 1.82) is 0 Å². The van der Waals surface area contributed by atoms with Gasteiger partial charge in [-0.05, 0) is 36.4 Å². The van der Waals surface area contributed by atoms with E-state index in [9.17, 15) is 0 Å². The molecule has 1 heterocycles. The minimum atomic E-state index is 0.224. The predicted octanol–water partition coefficient (Wildman–Crippen LogP) is 0.681. The Morgan fingerprint density at radius 3 is 2.59 bits per heavy atom. The van der Waals surface area contributed by atoms with Crippen LogP contribution in [-0.2, 0) is 19.9 Å². The van der Waals surface area contributed by atoms with Crippen molar-refractivity contribution in [3.8, 4) is 0 Å². The smallest absolute Gasteiger partial charge is 0.0766 e. The number of nitrogens with zero attached hydrogens (tertiary/aromatic N) is 3. The number of aryl methyl sites for hydroxylation is 2. The van der Waals surface area contributed by atoms with Crippen LogP contribution in [0, 0.1) is 0 Å². The number of aromatic nitrogens is 2. The number of nitrogens with one attached hydrogen (secondary N) is 1. The minimum absolute atomic E-state index is 0.224. The molecule has 0 radical (unpaired) electrons. The summed E-state index contributed by atoms with van der Waals surface area (Å²) in [4.78, 5) is 2.12. The van der Waals surface area contributed by atoms with Gasteiger partial charge in [-0.1, -0.05) is 6.92 Å². The van der Waals surface area contributed by atoms with Crippen LogP contribution in [0.25, 0.3) is 0 Å². The maximum atomic E-state index is 5.59. The van der Waals surface area contributed by atoms with E-state index in [1.54, 1.807) is 0 Å². The van der Waals surface area contributed by atoms with Crippen molar-refractivity contribution in [2.75, 3.05) is 20.6 Å². The highest BCUT2D eigenvalue weighted by molar-refractivity contribution is 9.10. The lowest BCUT2D eigenvalue weighted by molar-refractivity contribution is 0.335. The van der Waals surface area contributed by atoms with E-state index >= 15 is 0 Å².